The number of aliphatic carboxylic acids is 1. The third kappa shape index (κ3) is 3.08. The van der Waals surface area contributed by atoms with Gasteiger partial charge in [0.25, 0.3) is 0 Å². The van der Waals surface area contributed by atoms with Crippen LogP contribution < -0.4 is 5.32 Å². The Morgan fingerprint density at radius 2 is 1.73 bits per heavy atom. The molecule has 0 amide bonds. The Kier molecular flexibility index (Phi) is 4.87. The van der Waals surface area contributed by atoms with E-state index in [1.807, 2.05) is 0 Å². The maximum absolute atomic E-state index is 10.7. The van der Waals surface area contributed by atoms with E-state index in [0.717, 1.165) is 31.2 Å². The van der Waals surface area contributed by atoms with Crippen molar-refractivity contribution in [1.82, 2.24) is 5.32 Å². The van der Waals surface area contributed by atoms with Crippen molar-refractivity contribution in [3.8, 4) is 0 Å². The molecule has 0 radical (unpaired) electrons. The third-order valence-corrected chi connectivity index (χ3v) is 3.82. The molecule has 1 saturated heterocycles. The molecular formula is C11H20ClNO2. The average molecular weight is 234 g/mol. The molecular weight excluding hydrogens is 214 g/mol. The van der Waals surface area contributed by atoms with E-state index in [1.165, 1.54) is 25.7 Å². The lowest BCUT2D eigenvalue weighted by Crippen LogP contribution is -2.45. The Balaban J connectivity index is 0.00000112. The zero-order valence-corrected chi connectivity index (χ0v) is 9.76. The lowest BCUT2D eigenvalue weighted by atomic mass is 9.83. The van der Waals surface area contributed by atoms with Crippen LogP contribution in [0.1, 0.15) is 38.5 Å². The van der Waals surface area contributed by atoms with Gasteiger partial charge in [-0.1, -0.05) is 25.7 Å². The van der Waals surface area contributed by atoms with E-state index in [9.17, 15) is 4.79 Å². The maximum Gasteiger partial charge on any atom is 0.320 e. The molecule has 15 heavy (non-hydrogen) atoms. The Bertz CT molecular complexity index is 209. The smallest absolute Gasteiger partial charge is 0.320 e. The van der Waals surface area contributed by atoms with Gasteiger partial charge in [0, 0.05) is 0 Å². The number of carboxylic acid groups (broad SMARTS) is 1. The molecule has 2 atom stereocenters. The highest BCUT2D eigenvalue weighted by molar-refractivity contribution is 5.85. The van der Waals surface area contributed by atoms with E-state index >= 15 is 0 Å². The van der Waals surface area contributed by atoms with E-state index in [-0.39, 0.29) is 18.4 Å². The molecule has 1 heterocycles. The first-order valence-electron chi connectivity index (χ1n) is 5.73. The number of nitrogens with one attached hydrogen (secondary N) is 1. The highest BCUT2D eigenvalue weighted by Gasteiger charge is 2.31. The molecule has 0 aromatic heterocycles. The van der Waals surface area contributed by atoms with Crippen LogP contribution in [0.25, 0.3) is 0 Å². The average Bonchev–Trinajstić information content (AvgIpc) is 2.71. The Labute approximate surface area is 97.0 Å². The van der Waals surface area contributed by atoms with Gasteiger partial charge in [0.2, 0.25) is 0 Å². The van der Waals surface area contributed by atoms with Crippen LogP contribution in [0, 0.1) is 11.8 Å². The fourth-order valence-corrected chi connectivity index (χ4v) is 2.92. The lowest BCUT2D eigenvalue weighted by Gasteiger charge is -2.31. The van der Waals surface area contributed by atoms with Crippen molar-refractivity contribution in [1.29, 1.82) is 0 Å². The van der Waals surface area contributed by atoms with E-state index in [0.29, 0.717) is 0 Å². The van der Waals surface area contributed by atoms with Gasteiger partial charge < -0.3 is 10.4 Å². The summed E-state index contributed by atoms with van der Waals surface area (Å²) in [6.45, 7) is 0.918. The third-order valence-electron chi connectivity index (χ3n) is 3.82. The van der Waals surface area contributed by atoms with Crippen molar-refractivity contribution >= 4 is 18.4 Å². The van der Waals surface area contributed by atoms with Crippen LogP contribution >= 0.6 is 12.4 Å². The SMILES string of the molecule is Cl.O=C(O)C1CCC(C2CCCC2)CN1. The van der Waals surface area contributed by atoms with E-state index in [1.54, 1.807) is 0 Å². The summed E-state index contributed by atoms with van der Waals surface area (Å²) in [6.07, 6.45) is 7.41. The zero-order valence-electron chi connectivity index (χ0n) is 8.95. The zero-order chi connectivity index (χ0) is 9.97. The largest absolute Gasteiger partial charge is 0.480 e. The Morgan fingerprint density at radius 1 is 1.07 bits per heavy atom. The Hall–Kier alpha value is -0.280. The topological polar surface area (TPSA) is 49.3 Å². The van der Waals surface area contributed by atoms with Gasteiger partial charge in [-0.15, -0.1) is 12.4 Å². The summed E-state index contributed by atoms with van der Waals surface area (Å²) in [6, 6.07) is -0.285. The van der Waals surface area contributed by atoms with Crippen molar-refractivity contribution < 1.29 is 9.90 Å². The molecule has 0 spiro atoms. The number of carbonyl (C=O) groups is 1. The van der Waals surface area contributed by atoms with Crippen LogP contribution in [0.4, 0.5) is 0 Å². The monoisotopic (exact) mass is 233 g/mol. The molecule has 1 aliphatic carbocycles. The van der Waals surface area contributed by atoms with Crippen molar-refractivity contribution in [3.05, 3.63) is 0 Å². The molecule has 2 aliphatic rings. The van der Waals surface area contributed by atoms with Gasteiger partial charge in [-0.05, 0) is 31.2 Å². The van der Waals surface area contributed by atoms with Gasteiger partial charge in [-0.25, -0.2) is 0 Å². The fraction of sp³-hybridized carbons (Fsp3) is 0.909. The summed E-state index contributed by atoms with van der Waals surface area (Å²) < 4.78 is 0. The number of carboxylic acids is 1. The molecule has 2 rings (SSSR count). The predicted molar refractivity (Wildman–Crippen MR) is 61.4 cm³/mol. The first-order chi connectivity index (χ1) is 6.77. The molecule has 0 bridgehead atoms. The van der Waals surface area contributed by atoms with Gasteiger partial charge in [-0.3, -0.25) is 4.79 Å². The van der Waals surface area contributed by atoms with Crippen LogP contribution in [0.2, 0.25) is 0 Å². The standard InChI is InChI=1S/C11H19NO2.ClH/c13-11(14)10-6-5-9(7-12-10)8-3-1-2-4-8;/h8-10,12H,1-7H2,(H,13,14);1H. The highest BCUT2D eigenvalue weighted by Crippen LogP contribution is 2.35. The van der Waals surface area contributed by atoms with Crippen LogP contribution in [-0.4, -0.2) is 23.7 Å². The molecule has 1 saturated carbocycles. The number of hydrogen-bond acceptors (Lipinski definition) is 2. The predicted octanol–water partition coefficient (Wildman–Crippen LogP) is 2.05. The molecule has 0 aromatic carbocycles. The first-order valence-corrected chi connectivity index (χ1v) is 5.73. The van der Waals surface area contributed by atoms with Crippen molar-refractivity contribution in [2.75, 3.05) is 6.54 Å². The molecule has 2 unspecified atom stereocenters. The van der Waals surface area contributed by atoms with Crippen molar-refractivity contribution in [3.63, 3.8) is 0 Å². The first kappa shape index (κ1) is 12.8. The van der Waals surface area contributed by atoms with Gasteiger partial charge in [-0.2, -0.15) is 0 Å². The Morgan fingerprint density at radius 3 is 2.20 bits per heavy atom. The summed E-state index contributed by atoms with van der Waals surface area (Å²) in [4.78, 5) is 10.7. The maximum atomic E-state index is 10.7. The lowest BCUT2D eigenvalue weighted by molar-refractivity contribution is -0.140. The second-order valence-corrected chi connectivity index (χ2v) is 4.68. The highest BCUT2D eigenvalue weighted by atomic mass is 35.5. The van der Waals surface area contributed by atoms with Crippen LogP contribution in [0.15, 0.2) is 0 Å². The summed E-state index contributed by atoms with van der Waals surface area (Å²) in [7, 11) is 0. The quantitative estimate of drug-likeness (QED) is 0.768. The summed E-state index contributed by atoms with van der Waals surface area (Å²) in [5.41, 5.74) is 0. The molecule has 4 heteroatoms. The minimum atomic E-state index is -0.685. The molecule has 2 fully saturated rings. The summed E-state index contributed by atoms with van der Waals surface area (Å²) >= 11 is 0. The minimum absolute atomic E-state index is 0. The number of halogens is 1. The number of hydrogen-bond donors (Lipinski definition) is 2. The van der Waals surface area contributed by atoms with Gasteiger partial charge in [0.1, 0.15) is 6.04 Å². The summed E-state index contributed by atoms with van der Waals surface area (Å²) in [5.74, 6) is 0.931. The van der Waals surface area contributed by atoms with Gasteiger partial charge in [0.15, 0.2) is 0 Å². The van der Waals surface area contributed by atoms with Crippen LogP contribution in [0.3, 0.4) is 0 Å². The van der Waals surface area contributed by atoms with Gasteiger partial charge in [0.05, 0.1) is 0 Å². The molecule has 1 aliphatic heterocycles. The van der Waals surface area contributed by atoms with Crippen molar-refractivity contribution in [2.45, 2.75) is 44.6 Å². The summed E-state index contributed by atoms with van der Waals surface area (Å²) in [5, 5.41) is 12.0. The minimum Gasteiger partial charge on any atom is -0.480 e. The molecule has 88 valence electrons. The van der Waals surface area contributed by atoms with Crippen LogP contribution in [0.5, 0.6) is 0 Å². The molecule has 2 N–H and O–H groups in total. The van der Waals surface area contributed by atoms with Gasteiger partial charge >= 0.3 is 5.97 Å². The fourth-order valence-electron chi connectivity index (χ4n) is 2.92. The number of piperidine rings is 1. The molecule has 0 aromatic rings. The van der Waals surface area contributed by atoms with Crippen LogP contribution in [-0.2, 0) is 4.79 Å². The number of rotatable bonds is 2. The second kappa shape index (κ2) is 5.71. The van der Waals surface area contributed by atoms with E-state index in [2.05, 4.69) is 5.32 Å². The second-order valence-electron chi connectivity index (χ2n) is 4.68. The normalized spacial score (nSPS) is 32.3. The van der Waals surface area contributed by atoms with Crippen molar-refractivity contribution in [2.24, 2.45) is 11.8 Å². The molecule has 3 nitrogen and oxygen atoms in total. The van der Waals surface area contributed by atoms with E-state index < -0.39 is 5.97 Å². The van der Waals surface area contributed by atoms with E-state index in [4.69, 9.17) is 5.11 Å².